The van der Waals surface area contributed by atoms with E-state index in [4.69, 9.17) is 0 Å². The van der Waals surface area contributed by atoms with Gasteiger partial charge in [-0.25, -0.2) is 4.98 Å². The molecule has 3 aromatic rings. The molecule has 90 valence electrons. The van der Waals surface area contributed by atoms with Crippen LogP contribution in [-0.2, 0) is 0 Å². The Labute approximate surface area is 109 Å². The molecule has 0 atom stereocenters. The Kier molecular flexibility index (Phi) is 2.86. The maximum absolute atomic E-state index is 4.56. The molecule has 0 aliphatic rings. The van der Waals surface area contributed by atoms with Crippen molar-refractivity contribution < 1.29 is 0 Å². The SMILES string of the molecule is CNc1ccccc1Nc1nc2ccccc2s1. The van der Waals surface area contributed by atoms with Crippen LogP contribution in [0.2, 0.25) is 0 Å². The third-order valence-electron chi connectivity index (χ3n) is 2.73. The number of thiazole rings is 1. The average Bonchev–Trinajstić information content (AvgIpc) is 2.81. The molecule has 2 aromatic carbocycles. The molecule has 3 rings (SSSR count). The Balaban J connectivity index is 1.96. The summed E-state index contributed by atoms with van der Waals surface area (Å²) in [7, 11) is 1.92. The molecular weight excluding hydrogens is 242 g/mol. The zero-order chi connectivity index (χ0) is 12.4. The van der Waals surface area contributed by atoms with Crippen molar-refractivity contribution in [1.82, 2.24) is 4.98 Å². The highest BCUT2D eigenvalue weighted by Gasteiger charge is 2.05. The quantitative estimate of drug-likeness (QED) is 0.740. The van der Waals surface area contributed by atoms with Gasteiger partial charge in [-0.15, -0.1) is 0 Å². The standard InChI is InChI=1S/C14H13N3S/c1-15-10-6-2-3-7-11(10)16-14-17-12-8-4-5-9-13(12)18-14/h2-9,15H,1H3,(H,16,17). The number of hydrogen-bond donors (Lipinski definition) is 2. The van der Waals surface area contributed by atoms with E-state index < -0.39 is 0 Å². The van der Waals surface area contributed by atoms with E-state index >= 15 is 0 Å². The summed E-state index contributed by atoms with van der Waals surface area (Å²) < 4.78 is 1.20. The van der Waals surface area contributed by atoms with Gasteiger partial charge in [-0.2, -0.15) is 0 Å². The van der Waals surface area contributed by atoms with Crippen LogP contribution in [0.25, 0.3) is 10.2 Å². The highest BCUT2D eigenvalue weighted by Crippen LogP contribution is 2.30. The van der Waals surface area contributed by atoms with Crippen molar-refractivity contribution in [3.05, 3.63) is 48.5 Å². The summed E-state index contributed by atoms with van der Waals surface area (Å²) in [5.41, 5.74) is 3.14. The van der Waals surface area contributed by atoms with Gasteiger partial charge < -0.3 is 10.6 Å². The van der Waals surface area contributed by atoms with E-state index in [9.17, 15) is 0 Å². The second-order valence-electron chi connectivity index (χ2n) is 3.91. The predicted octanol–water partition coefficient (Wildman–Crippen LogP) is 4.08. The number of hydrogen-bond acceptors (Lipinski definition) is 4. The van der Waals surface area contributed by atoms with Crippen LogP contribution in [0.4, 0.5) is 16.5 Å². The Morgan fingerprint density at radius 1 is 0.944 bits per heavy atom. The molecule has 0 unspecified atom stereocenters. The van der Waals surface area contributed by atoms with Gasteiger partial charge in [0.05, 0.1) is 21.6 Å². The molecule has 0 saturated carbocycles. The maximum Gasteiger partial charge on any atom is 0.188 e. The van der Waals surface area contributed by atoms with Crippen LogP contribution in [0.15, 0.2) is 48.5 Å². The van der Waals surface area contributed by atoms with Crippen molar-refractivity contribution in [3.63, 3.8) is 0 Å². The molecule has 0 bridgehead atoms. The van der Waals surface area contributed by atoms with Gasteiger partial charge in [-0.05, 0) is 24.3 Å². The molecular formula is C14H13N3S. The number of nitrogens with one attached hydrogen (secondary N) is 2. The van der Waals surface area contributed by atoms with E-state index in [1.165, 1.54) is 4.70 Å². The van der Waals surface area contributed by atoms with Crippen molar-refractivity contribution in [2.75, 3.05) is 17.7 Å². The van der Waals surface area contributed by atoms with Crippen LogP contribution in [0.1, 0.15) is 0 Å². The number of para-hydroxylation sites is 3. The lowest BCUT2D eigenvalue weighted by molar-refractivity contribution is 1.42. The number of benzene rings is 2. The normalized spacial score (nSPS) is 10.5. The molecule has 1 aromatic heterocycles. The summed E-state index contributed by atoms with van der Waals surface area (Å²) in [6, 6.07) is 16.3. The highest BCUT2D eigenvalue weighted by molar-refractivity contribution is 7.22. The predicted molar refractivity (Wildman–Crippen MR) is 78.9 cm³/mol. The minimum Gasteiger partial charge on any atom is -0.386 e. The van der Waals surface area contributed by atoms with Gasteiger partial charge in [-0.3, -0.25) is 0 Å². The summed E-state index contributed by atoms with van der Waals surface area (Å²) in [5, 5.41) is 7.44. The van der Waals surface area contributed by atoms with Gasteiger partial charge >= 0.3 is 0 Å². The second kappa shape index (κ2) is 4.66. The van der Waals surface area contributed by atoms with E-state index in [1.54, 1.807) is 11.3 Å². The summed E-state index contributed by atoms with van der Waals surface area (Å²) in [6.45, 7) is 0. The first kappa shape index (κ1) is 11.0. The van der Waals surface area contributed by atoms with E-state index in [-0.39, 0.29) is 0 Å². The van der Waals surface area contributed by atoms with Crippen LogP contribution in [0.3, 0.4) is 0 Å². The Bertz CT molecular complexity index is 642. The topological polar surface area (TPSA) is 37.0 Å². The third-order valence-corrected chi connectivity index (χ3v) is 3.68. The summed E-state index contributed by atoms with van der Waals surface area (Å²) in [4.78, 5) is 4.56. The molecule has 18 heavy (non-hydrogen) atoms. The first-order valence-corrected chi connectivity index (χ1v) is 6.58. The first-order chi connectivity index (χ1) is 8.86. The second-order valence-corrected chi connectivity index (χ2v) is 4.94. The Morgan fingerprint density at radius 2 is 1.67 bits per heavy atom. The molecule has 1 heterocycles. The Morgan fingerprint density at radius 3 is 2.44 bits per heavy atom. The fourth-order valence-electron chi connectivity index (χ4n) is 1.85. The third kappa shape index (κ3) is 2.02. The van der Waals surface area contributed by atoms with Crippen LogP contribution in [0, 0.1) is 0 Å². The van der Waals surface area contributed by atoms with Gasteiger partial charge in [0.1, 0.15) is 0 Å². The van der Waals surface area contributed by atoms with E-state index in [2.05, 4.69) is 21.7 Å². The lowest BCUT2D eigenvalue weighted by Gasteiger charge is -2.08. The Hall–Kier alpha value is -2.07. The van der Waals surface area contributed by atoms with Crippen molar-refractivity contribution in [2.45, 2.75) is 0 Å². The highest BCUT2D eigenvalue weighted by atomic mass is 32.1. The summed E-state index contributed by atoms with van der Waals surface area (Å²) in [6.07, 6.45) is 0. The van der Waals surface area contributed by atoms with Crippen LogP contribution >= 0.6 is 11.3 Å². The number of anilines is 3. The van der Waals surface area contributed by atoms with Crippen molar-refractivity contribution in [3.8, 4) is 0 Å². The van der Waals surface area contributed by atoms with Gasteiger partial charge in [0.2, 0.25) is 0 Å². The lowest BCUT2D eigenvalue weighted by atomic mass is 10.2. The largest absolute Gasteiger partial charge is 0.386 e. The molecule has 0 radical (unpaired) electrons. The van der Waals surface area contributed by atoms with Gasteiger partial charge in [0, 0.05) is 7.05 Å². The van der Waals surface area contributed by atoms with Crippen LogP contribution < -0.4 is 10.6 Å². The first-order valence-electron chi connectivity index (χ1n) is 5.76. The molecule has 4 heteroatoms. The van der Waals surface area contributed by atoms with Crippen molar-refractivity contribution in [2.24, 2.45) is 0 Å². The summed E-state index contributed by atoms with van der Waals surface area (Å²) in [5.74, 6) is 0. The summed E-state index contributed by atoms with van der Waals surface area (Å²) >= 11 is 1.66. The fourth-order valence-corrected chi connectivity index (χ4v) is 2.73. The number of nitrogens with zero attached hydrogens (tertiary/aromatic N) is 1. The average molecular weight is 255 g/mol. The zero-order valence-electron chi connectivity index (χ0n) is 9.97. The molecule has 0 spiro atoms. The molecule has 3 nitrogen and oxygen atoms in total. The lowest BCUT2D eigenvalue weighted by Crippen LogP contribution is -1.95. The van der Waals surface area contributed by atoms with E-state index in [0.717, 1.165) is 22.0 Å². The van der Waals surface area contributed by atoms with Crippen molar-refractivity contribution >= 4 is 38.1 Å². The molecule has 0 aliphatic heterocycles. The van der Waals surface area contributed by atoms with Crippen LogP contribution in [0.5, 0.6) is 0 Å². The molecule has 0 fully saturated rings. The smallest absolute Gasteiger partial charge is 0.188 e. The maximum atomic E-state index is 4.56. The number of aromatic nitrogens is 1. The molecule has 0 amide bonds. The number of rotatable bonds is 3. The fraction of sp³-hybridized carbons (Fsp3) is 0.0714. The minimum absolute atomic E-state index is 0.916. The van der Waals surface area contributed by atoms with Gasteiger partial charge in [0.25, 0.3) is 0 Å². The van der Waals surface area contributed by atoms with E-state index in [1.807, 2.05) is 49.5 Å². The van der Waals surface area contributed by atoms with Gasteiger partial charge in [0.15, 0.2) is 5.13 Å². The molecule has 2 N–H and O–H groups in total. The number of fused-ring (bicyclic) bond motifs is 1. The van der Waals surface area contributed by atoms with Gasteiger partial charge in [-0.1, -0.05) is 35.6 Å². The monoisotopic (exact) mass is 255 g/mol. The van der Waals surface area contributed by atoms with Crippen molar-refractivity contribution in [1.29, 1.82) is 0 Å². The molecule has 0 saturated heterocycles. The zero-order valence-corrected chi connectivity index (χ0v) is 10.8. The molecule has 0 aliphatic carbocycles. The van der Waals surface area contributed by atoms with E-state index in [0.29, 0.717) is 0 Å². The minimum atomic E-state index is 0.916. The van der Waals surface area contributed by atoms with Crippen LogP contribution in [-0.4, -0.2) is 12.0 Å².